The molecule has 206 valence electrons. The molecule has 1 fully saturated rings. The fourth-order valence-electron chi connectivity index (χ4n) is 4.51. The van der Waals surface area contributed by atoms with Crippen molar-refractivity contribution < 1.29 is 17.9 Å². The van der Waals surface area contributed by atoms with E-state index in [2.05, 4.69) is 16.7 Å². The predicted octanol–water partition coefficient (Wildman–Crippen LogP) is 4.96. The molecule has 0 aliphatic carbocycles. The number of carbonyl (C=O) groups excluding carboxylic acids is 1. The third-order valence-corrected chi connectivity index (χ3v) is 9.44. The summed E-state index contributed by atoms with van der Waals surface area (Å²) in [7, 11) is -3.66. The third-order valence-electron chi connectivity index (χ3n) is 6.51. The number of benzene rings is 2. The van der Waals surface area contributed by atoms with Crippen LogP contribution < -0.4 is 9.64 Å². The molecule has 2 aromatic carbocycles. The highest BCUT2D eigenvalue weighted by Gasteiger charge is 2.26. The van der Waals surface area contributed by atoms with Gasteiger partial charge in [0.05, 0.1) is 20.7 Å². The first-order valence-electron chi connectivity index (χ1n) is 13.3. The van der Waals surface area contributed by atoms with E-state index >= 15 is 0 Å². The van der Waals surface area contributed by atoms with Gasteiger partial charge in [-0.3, -0.25) is 0 Å². The summed E-state index contributed by atoms with van der Waals surface area (Å²) in [5, 5.41) is 0.986. The number of hydrogen-bond donors (Lipinski definition) is 0. The second-order valence-electron chi connectivity index (χ2n) is 10.6. The molecule has 1 saturated heterocycles. The molecule has 0 unspecified atom stereocenters. The number of fused-ring (bicyclic) bond motifs is 1. The summed E-state index contributed by atoms with van der Waals surface area (Å²) in [5.41, 5.74) is 1.17. The van der Waals surface area contributed by atoms with Crippen LogP contribution in [-0.4, -0.2) is 74.4 Å². The van der Waals surface area contributed by atoms with Crippen LogP contribution in [0.5, 0.6) is 5.75 Å². The van der Waals surface area contributed by atoms with Gasteiger partial charge in [-0.25, -0.2) is 18.2 Å². The van der Waals surface area contributed by atoms with Gasteiger partial charge in [0.1, 0.15) is 5.75 Å². The number of esters is 1. The van der Waals surface area contributed by atoms with Crippen LogP contribution in [0, 0.1) is 11.8 Å². The van der Waals surface area contributed by atoms with Crippen LogP contribution >= 0.6 is 11.3 Å². The summed E-state index contributed by atoms with van der Waals surface area (Å²) in [6, 6.07) is 11.4. The Morgan fingerprint density at radius 1 is 1.00 bits per heavy atom. The molecule has 0 amide bonds. The van der Waals surface area contributed by atoms with Crippen LogP contribution in [0.4, 0.5) is 5.13 Å². The zero-order chi connectivity index (χ0) is 27.4. The van der Waals surface area contributed by atoms with Crippen molar-refractivity contribution in [2.45, 2.75) is 39.5 Å². The van der Waals surface area contributed by atoms with Crippen molar-refractivity contribution in [1.82, 2.24) is 14.2 Å². The second kappa shape index (κ2) is 12.1. The topological polar surface area (TPSA) is 83.0 Å². The number of carbonyl (C=O) groups is 1. The van der Waals surface area contributed by atoms with Crippen molar-refractivity contribution in [3.63, 3.8) is 0 Å². The van der Waals surface area contributed by atoms with E-state index in [9.17, 15) is 13.2 Å². The molecule has 10 heteroatoms. The second-order valence-corrected chi connectivity index (χ2v) is 13.5. The van der Waals surface area contributed by atoms with Crippen LogP contribution in [0.1, 0.15) is 45.0 Å². The first-order valence-corrected chi connectivity index (χ1v) is 15.5. The maximum atomic E-state index is 13.2. The van der Waals surface area contributed by atoms with Gasteiger partial charge >= 0.3 is 5.97 Å². The largest absolute Gasteiger partial charge is 0.423 e. The molecule has 0 N–H and O–H groups in total. The van der Waals surface area contributed by atoms with Gasteiger partial charge in [-0.2, -0.15) is 4.31 Å². The van der Waals surface area contributed by atoms with Crippen molar-refractivity contribution in [1.29, 1.82) is 0 Å². The molecular formula is C28H38N4O4S2. The number of piperazine rings is 1. The van der Waals surface area contributed by atoms with Gasteiger partial charge in [-0.15, -0.1) is 0 Å². The maximum Gasteiger partial charge on any atom is 0.343 e. The number of ether oxygens (including phenoxy) is 1. The Bertz CT molecular complexity index is 1330. The molecule has 38 heavy (non-hydrogen) atoms. The molecule has 0 radical (unpaired) electrons. The fraction of sp³-hybridized carbons (Fsp3) is 0.500. The Kier molecular flexibility index (Phi) is 9.07. The number of sulfonamides is 1. The van der Waals surface area contributed by atoms with E-state index in [1.165, 1.54) is 28.6 Å². The Hall–Kier alpha value is -2.53. The Balaban J connectivity index is 1.45. The lowest BCUT2D eigenvalue weighted by Gasteiger charge is -2.33. The zero-order valence-electron chi connectivity index (χ0n) is 22.9. The fourth-order valence-corrected chi connectivity index (χ4v) is 7.32. The Labute approximate surface area is 230 Å². The summed E-state index contributed by atoms with van der Waals surface area (Å²) in [6.45, 7) is 16.1. The van der Waals surface area contributed by atoms with Crippen molar-refractivity contribution in [2.75, 3.05) is 50.7 Å². The van der Waals surface area contributed by atoms with Crippen LogP contribution in [0.15, 0.2) is 47.4 Å². The van der Waals surface area contributed by atoms with Crippen molar-refractivity contribution >= 4 is 42.7 Å². The molecular weight excluding hydrogens is 520 g/mol. The molecule has 0 atom stereocenters. The van der Waals surface area contributed by atoms with E-state index in [0.29, 0.717) is 24.4 Å². The molecule has 1 aliphatic heterocycles. The number of nitrogens with zero attached hydrogens (tertiary/aromatic N) is 4. The van der Waals surface area contributed by atoms with Gasteiger partial charge in [-0.05, 0) is 54.8 Å². The lowest BCUT2D eigenvalue weighted by molar-refractivity contribution is 0.0735. The van der Waals surface area contributed by atoms with Gasteiger partial charge < -0.3 is 14.5 Å². The number of rotatable bonds is 10. The zero-order valence-corrected chi connectivity index (χ0v) is 24.5. The normalized spacial score (nSPS) is 15.2. The van der Waals surface area contributed by atoms with E-state index in [0.717, 1.165) is 48.1 Å². The van der Waals surface area contributed by atoms with Crippen molar-refractivity contribution in [3.05, 3.63) is 48.0 Å². The first kappa shape index (κ1) is 28.5. The minimum absolute atomic E-state index is 0.175. The molecule has 0 bridgehead atoms. The first-order chi connectivity index (χ1) is 18.1. The lowest BCUT2D eigenvalue weighted by Crippen LogP contribution is -2.46. The minimum atomic E-state index is -3.66. The van der Waals surface area contributed by atoms with E-state index < -0.39 is 16.0 Å². The average Bonchev–Trinajstić information content (AvgIpc) is 3.31. The molecule has 8 nitrogen and oxygen atoms in total. The highest BCUT2D eigenvalue weighted by molar-refractivity contribution is 7.89. The third kappa shape index (κ3) is 6.72. The van der Waals surface area contributed by atoms with Gasteiger partial charge in [0.2, 0.25) is 10.0 Å². The summed E-state index contributed by atoms with van der Waals surface area (Å²) < 4.78 is 34.6. The van der Waals surface area contributed by atoms with Gasteiger partial charge in [0, 0.05) is 45.3 Å². The molecule has 1 aliphatic rings. The predicted molar refractivity (Wildman–Crippen MR) is 154 cm³/mol. The summed E-state index contributed by atoms with van der Waals surface area (Å²) >= 11 is 1.60. The van der Waals surface area contributed by atoms with E-state index in [-0.39, 0.29) is 16.7 Å². The quantitative estimate of drug-likeness (QED) is 0.257. The van der Waals surface area contributed by atoms with Crippen molar-refractivity contribution in [2.24, 2.45) is 11.8 Å². The number of thiazole rings is 1. The molecule has 2 heterocycles. The van der Waals surface area contributed by atoms with E-state index in [4.69, 9.17) is 9.72 Å². The molecule has 1 aromatic heterocycles. The maximum absolute atomic E-state index is 13.2. The summed E-state index contributed by atoms with van der Waals surface area (Å²) in [4.78, 5) is 22.5. The lowest BCUT2D eigenvalue weighted by atomic mass is 10.2. The Morgan fingerprint density at radius 3 is 2.21 bits per heavy atom. The van der Waals surface area contributed by atoms with Crippen LogP contribution in [0.25, 0.3) is 10.2 Å². The number of anilines is 1. The molecule has 3 aromatic rings. The van der Waals surface area contributed by atoms with E-state index in [1.807, 2.05) is 39.8 Å². The standard InChI is InChI=1S/C28H38N4O4S2/c1-6-30-13-15-31(16-14-30)28-29-25-12-9-23(17-26(25)37-28)36-27(33)22-7-10-24(11-8-22)38(34,35)32(18-20(2)3)19-21(4)5/h7-12,17,20-21H,6,13-16,18-19H2,1-5H3. The monoisotopic (exact) mass is 558 g/mol. The smallest absolute Gasteiger partial charge is 0.343 e. The van der Waals surface area contributed by atoms with Gasteiger partial charge in [-0.1, -0.05) is 46.0 Å². The summed E-state index contributed by atoms with van der Waals surface area (Å²) in [6.07, 6.45) is 0. The van der Waals surface area contributed by atoms with Crippen LogP contribution in [0.2, 0.25) is 0 Å². The van der Waals surface area contributed by atoms with Gasteiger partial charge in [0.25, 0.3) is 0 Å². The number of likely N-dealkylation sites (N-methyl/N-ethyl adjacent to an activating group) is 1. The number of aromatic nitrogens is 1. The highest BCUT2D eigenvalue weighted by Crippen LogP contribution is 2.32. The average molecular weight is 559 g/mol. The number of hydrogen-bond acceptors (Lipinski definition) is 8. The molecule has 0 saturated carbocycles. The molecule has 0 spiro atoms. The van der Waals surface area contributed by atoms with Gasteiger partial charge in [0.15, 0.2) is 5.13 Å². The van der Waals surface area contributed by atoms with Crippen LogP contribution in [0.3, 0.4) is 0 Å². The van der Waals surface area contributed by atoms with Crippen molar-refractivity contribution in [3.8, 4) is 5.75 Å². The minimum Gasteiger partial charge on any atom is -0.423 e. The molecule has 4 rings (SSSR count). The SMILES string of the molecule is CCN1CCN(c2nc3ccc(OC(=O)c4ccc(S(=O)(=O)N(CC(C)C)CC(C)C)cc4)cc3s2)CC1. The van der Waals surface area contributed by atoms with E-state index in [1.54, 1.807) is 17.4 Å². The highest BCUT2D eigenvalue weighted by atomic mass is 32.2. The summed E-state index contributed by atoms with van der Waals surface area (Å²) in [5.74, 6) is 0.312. The van der Waals surface area contributed by atoms with Crippen LogP contribution in [-0.2, 0) is 10.0 Å². The Morgan fingerprint density at radius 2 is 1.63 bits per heavy atom.